The van der Waals surface area contributed by atoms with E-state index in [0.717, 1.165) is 43.8 Å². The first-order chi connectivity index (χ1) is 11.2. The highest BCUT2D eigenvalue weighted by Gasteiger charge is 2.04. The Balaban J connectivity index is 1.77. The fourth-order valence-electron chi connectivity index (χ4n) is 2.40. The average Bonchev–Trinajstić information content (AvgIpc) is 2.58. The molecule has 4 heteroatoms. The first-order valence-electron chi connectivity index (χ1n) is 8.27. The maximum atomic E-state index is 6.06. The lowest BCUT2D eigenvalue weighted by molar-refractivity contribution is 0.319. The third kappa shape index (κ3) is 5.91. The molecule has 1 aromatic carbocycles. The topological polar surface area (TPSA) is 51.4 Å². The Morgan fingerprint density at radius 2 is 1.74 bits per heavy atom. The minimum atomic E-state index is 0.710. The molecule has 0 saturated heterocycles. The zero-order chi connectivity index (χ0) is 16.5. The fraction of sp³-hybridized carbons (Fsp3) is 0.421. The van der Waals surface area contributed by atoms with E-state index in [2.05, 4.69) is 42.1 Å². The van der Waals surface area contributed by atoms with E-state index in [1.54, 1.807) is 0 Å². The van der Waals surface area contributed by atoms with Crippen molar-refractivity contribution in [3.8, 4) is 5.75 Å². The number of benzene rings is 1. The fourth-order valence-corrected chi connectivity index (χ4v) is 2.40. The predicted octanol–water partition coefficient (Wildman–Crippen LogP) is 3.17. The van der Waals surface area contributed by atoms with E-state index in [1.165, 1.54) is 11.1 Å². The molecule has 0 spiro atoms. The Hall–Kier alpha value is -2.07. The van der Waals surface area contributed by atoms with Crippen LogP contribution in [-0.2, 0) is 12.8 Å². The molecule has 0 aliphatic heterocycles. The van der Waals surface area contributed by atoms with Crippen LogP contribution in [0.5, 0.6) is 5.75 Å². The lowest BCUT2D eigenvalue weighted by Gasteiger charge is -2.17. The van der Waals surface area contributed by atoms with Crippen molar-refractivity contribution in [2.24, 2.45) is 0 Å². The average molecular weight is 313 g/mol. The van der Waals surface area contributed by atoms with Gasteiger partial charge in [-0.05, 0) is 61.7 Å². The van der Waals surface area contributed by atoms with Gasteiger partial charge in [0.25, 0.3) is 0 Å². The van der Waals surface area contributed by atoms with Crippen LogP contribution in [0.15, 0.2) is 42.7 Å². The Kier molecular flexibility index (Phi) is 6.88. The van der Waals surface area contributed by atoms with Crippen LogP contribution in [0.3, 0.4) is 0 Å². The predicted molar refractivity (Wildman–Crippen MR) is 95.8 cm³/mol. The SMILES string of the molecule is CCCOc1ccc(CCN(C)CCc2ccncc2)cc1N. The van der Waals surface area contributed by atoms with Crippen molar-refractivity contribution in [1.82, 2.24) is 9.88 Å². The zero-order valence-corrected chi connectivity index (χ0v) is 14.2. The van der Waals surface area contributed by atoms with Crippen LogP contribution in [0, 0.1) is 0 Å². The van der Waals surface area contributed by atoms with E-state index in [9.17, 15) is 0 Å². The molecule has 0 bridgehead atoms. The first kappa shape index (κ1) is 17.3. The maximum absolute atomic E-state index is 6.06. The van der Waals surface area contributed by atoms with Crippen LogP contribution in [0.1, 0.15) is 24.5 Å². The van der Waals surface area contributed by atoms with Gasteiger partial charge in [-0.2, -0.15) is 0 Å². The number of pyridine rings is 1. The molecule has 0 saturated carbocycles. The van der Waals surface area contributed by atoms with Crippen LogP contribution in [0.25, 0.3) is 0 Å². The van der Waals surface area contributed by atoms with Gasteiger partial charge in [-0.1, -0.05) is 13.0 Å². The molecule has 124 valence electrons. The van der Waals surface area contributed by atoms with Crippen molar-refractivity contribution in [2.45, 2.75) is 26.2 Å². The number of hydrogen-bond donors (Lipinski definition) is 1. The summed E-state index contributed by atoms with van der Waals surface area (Å²) < 4.78 is 5.61. The van der Waals surface area contributed by atoms with Crippen LogP contribution in [0.2, 0.25) is 0 Å². The largest absolute Gasteiger partial charge is 0.491 e. The second-order valence-electron chi connectivity index (χ2n) is 5.88. The number of aromatic nitrogens is 1. The monoisotopic (exact) mass is 313 g/mol. The Morgan fingerprint density at radius 3 is 2.39 bits per heavy atom. The molecule has 2 rings (SSSR count). The molecule has 1 heterocycles. The minimum absolute atomic E-state index is 0.710. The molecule has 1 aromatic heterocycles. The van der Waals surface area contributed by atoms with E-state index in [1.807, 2.05) is 24.5 Å². The van der Waals surface area contributed by atoms with Gasteiger partial charge in [-0.25, -0.2) is 0 Å². The van der Waals surface area contributed by atoms with Crippen molar-refractivity contribution in [2.75, 3.05) is 32.5 Å². The van der Waals surface area contributed by atoms with Gasteiger partial charge in [0.15, 0.2) is 0 Å². The first-order valence-corrected chi connectivity index (χ1v) is 8.27. The van der Waals surface area contributed by atoms with Crippen molar-refractivity contribution in [3.63, 3.8) is 0 Å². The third-order valence-corrected chi connectivity index (χ3v) is 3.85. The number of rotatable bonds is 9. The number of likely N-dealkylation sites (N-methyl/N-ethyl adjacent to an activating group) is 1. The standard InChI is InChI=1S/C19H27N3O/c1-3-14-23-19-5-4-17(15-18(19)20)9-13-22(2)12-8-16-6-10-21-11-7-16/h4-7,10-11,15H,3,8-9,12-14,20H2,1-2H3. The summed E-state index contributed by atoms with van der Waals surface area (Å²) in [5.41, 5.74) is 9.37. The summed E-state index contributed by atoms with van der Waals surface area (Å²) in [6, 6.07) is 10.3. The summed E-state index contributed by atoms with van der Waals surface area (Å²) >= 11 is 0. The van der Waals surface area contributed by atoms with E-state index >= 15 is 0 Å². The third-order valence-electron chi connectivity index (χ3n) is 3.85. The minimum Gasteiger partial charge on any atom is -0.491 e. The smallest absolute Gasteiger partial charge is 0.142 e. The quantitative estimate of drug-likeness (QED) is 0.723. The molecule has 23 heavy (non-hydrogen) atoms. The van der Waals surface area contributed by atoms with Crippen molar-refractivity contribution in [3.05, 3.63) is 53.9 Å². The molecule has 2 N–H and O–H groups in total. The Morgan fingerprint density at radius 1 is 1.04 bits per heavy atom. The number of nitrogens with two attached hydrogens (primary N) is 1. The van der Waals surface area contributed by atoms with Gasteiger partial charge < -0.3 is 15.4 Å². The zero-order valence-electron chi connectivity index (χ0n) is 14.2. The molecule has 0 radical (unpaired) electrons. The van der Waals surface area contributed by atoms with Gasteiger partial charge in [-0.15, -0.1) is 0 Å². The summed E-state index contributed by atoms with van der Waals surface area (Å²) in [5, 5.41) is 0. The molecular weight excluding hydrogens is 286 g/mol. The van der Waals surface area contributed by atoms with Crippen molar-refractivity contribution < 1.29 is 4.74 Å². The van der Waals surface area contributed by atoms with Crippen LogP contribution in [-0.4, -0.2) is 36.6 Å². The Bertz CT molecular complexity index is 586. The summed E-state index contributed by atoms with van der Waals surface area (Å²) in [5.74, 6) is 0.793. The van der Waals surface area contributed by atoms with E-state index in [-0.39, 0.29) is 0 Å². The second kappa shape index (κ2) is 9.16. The summed E-state index contributed by atoms with van der Waals surface area (Å²) in [6.07, 6.45) is 6.72. The van der Waals surface area contributed by atoms with Gasteiger partial charge in [0.1, 0.15) is 5.75 Å². The lowest BCUT2D eigenvalue weighted by Crippen LogP contribution is -2.23. The number of nitrogen functional groups attached to an aromatic ring is 1. The molecule has 4 nitrogen and oxygen atoms in total. The molecule has 0 fully saturated rings. The highest BCUT2D eigenvalue weighted by Crippen LogP contribution is 2.23. The summed E-state index contributed by atoms with van der Waals surface area (Å²) in [4.78, 5) is 6.39. The number of ether oxygens (including phenoxy) is 1. The van der Waals surface area contributed by atoms with E-state index in [4.69, 9.17) is 10.5 Å². The summed E-state index contributed by atoms with van der Waals surface area (Å²) in [6.45, 7) is 4.85. The molecule has 0 atom stereocenters. The highest BCUT2D eigenvalue weighted by atomic mass is 16.5. The number of nitrogens with zero attached hydrogens (tertiary/aromatic N) is 2. The van der Waals surface area contributed by atoms with Crippen molar-refractivity contribution in [1.29, 1.82) is 0 Å². The normalized spacial score (nSPS) is 10.9. The van der Waals surface area contributed by atoms with Crippen LogP contribution < -0.4 is 10.5 Å². The van der Waals surface area contributed by atoms with Gasteiger partial charge in [0, 0.05) is 25.5 Å². The number of hydrogen-bond acceptors (Lipinski definition) is 4. The van der Waals surface area contributed by atoms with Crippen LogP contribution >= 0.6 is 0 Å². The molecular formula is C19H27N3O. The highest BCUT2D eigenvalue weighted by molar-refractivity contribution is 5.54. The molecule has 0 aliphatic carbocycles. The second-order valence-corrected chi connectivity index (χ2v) is 5.88. The van der Waals surface area contributed by atoms with Crippen molar-refractivity contribution >= 4 is 5.69 Å². The molecule has 0 amide bonds. The summed E-state index contributed by atoms with van der Waals surface area (Å²) in [7, 11) is 2.16. The maximum Gasteiger partial charge on any atom is 0.142 e. The van der Waals surface area contributed by atoms with Gasteiger partial charge >= 0.3 is 0 Å². The van der Waals surface area contributed by atoms with Gasteiger partial charge in [0.2, 0.25) is 0 Å². The molecule has 2 aromatic rings. The molecule has 0 aliphatic rings. The Labute approximate surface area is 139 Å². The molecule has 0 unspecified atom stereocenters. The lowest BCUT2D eigenvalue weighted by atomic mass is 10.1. The van der Waals surface area contributed by atoms with Gasteiger partial charge in [-0.3, -0.25) is 4.98 Å². The van der Waals surface area contributed by atoms with E-state index < -0.39 is 0 Å². The van der Waals surface area contributed by atoms with Gasteiger partial charge in [0.05, 0.1) is 12.3 Å². The van der Waals surface area contributed by atoms with E-state index in [0.29, 0.717) is 6.61 Å². The van der Waals surface area contributed by atoms with Crippen LogP contribution in [0.4, 0.5) is 5.69 Å². The number of anilines is 1.